The molecule has 0 radical (unpaired) electrons. The van der Waals surface area contributed by atoms with Crippen LogP contribution in [-0.2, 0) is 16.1 Å². The minimum absolute atomic E-state index is 0.0170. The molecule has 1 aromatic rings. The summed E-state index contributed by atoms with van der Waals surface area (Å²) in [6.07, 6.45) is 2.98. The topological polar surface area (TPSA) is 61.4 Å². The summed E-state index contributed by atoms with van der Waals surface area (Å²) in [5, 5.41) is 5.88. The van der Waals surface area contributed by atoms with E-state index >= 15 is 0 Å². The van der Waals surface area contributed by atoms with E-state index in [2.05, 4.69) is 10.6 Å². The first-order valence-corrected chi connectivity index (χ1v) is 8.90. The van der Waals surface area contributed by atoms with Crippen molar-refractivity contribution in [2.45, 2.75) is 32.2 Å². The van der Waals surface area contributed by atoms with Gasteiger partial charge in [-0.25, -0.2) is 4.39 Å². The number of carbonyl (C=O) groups excluding carboxylic acids is 2. The Balaban J connectivity index is 1.69. The lowest BCUT2D eigenvalue weighted by Gasteiger charge is -2.27. The zero-order valence-corrected chi connectivity index (χ0v) is 15.1. The van der Waals surface area contributed by atoms with E-state index in [4.69, 9.17) is 0 Å². The summed E-state index contributed by atoms with van der Waals surface area (Å²) >= 11 is 0. The quantitative estimate of drug-likeness (QED) is 0.791. The fourth-order valence-corrected chi connectivity index (χ4v) is 3.10. The Kier molecular flexibility index (Phi) is 7.37. The molecule has 6 heteroatoms. The van der Waals surface area contributed by atoms with E-state index < -0.39 is 0 Å². The van der Waals surface area contributed by atoms with Crippen molar-refractivity contribution in [3.63, 3.8) is 0 Å². The molecule has 0 aromatic heterocycles. The summed E-state index contributed by atoms with van der Waals surface area (Å²) in [4.78, 5) is 26.4. The maximum absolute atomic E-state index is 12.9. The molecule has 2 N–H and O–H groups in total. The Labute approximate surface area is 149 Å². The molecule has 5 nitrogen and oxygen atoms in total. The zero-order chi connectivity index (χ0) is 18.2. The number of hydrogen-bond acceptors (Lipinski definition) is 3. The van der Waals surface area contributed by atoms with E-state index in [9.17, 15) is 14.0 Å². The normalized spacial score (nSPS) is 20.3. The van der Waals surface area contributed by atoms with Gasteiger partial charge in [-0.1, -0.05) is 12.1 Å². The lowest BCUT2D eigenvalue weighted by atomic mass is 9.81. The van der Waals surface area contributed by atoms with Gasteiger partial charge in [0.2, 0.25) is 11.8 Å². The van der Waals surface area contributed by atoms with E-state index in [1.165, 1.54) is 12.1 Å². The average Bonchev–Trinajstić information content (AvgIpc) is 2.60. The third-order valence-electron chi connectivity index (χ3n) is 4.71. The van der Waals surface area contributed by atoms with Crippen LogP contribution in [0.2, 0.25) is 0 Å². The van der Waals surface area contributed by atoms with E-state index in [0.29, 0.717) is 13.1 Å². The summed E-state index contributed by atoms with van der Waals surface area (Å²) in [5.74, 6) is -0.172. The maximum atomic E-state index is 12.9. The number of nitrogens with zero attached hydrogens (tertiary/aromatic N) is 1. The second-order valence-electron chi connectivity index (χ2n) is 6.99. The van der Waals surface area contributed by atoms with Gasteiger partial charge >= 0.3 is 0 Å². The van der Waals surface area contributed by atoms with Crippen molar-refractivity contribution < 1.29 is 14.0 Å². The highest BCUT2D eigenvalue weighted by atomic mass is 19.1. The van der Waals surface area contributed by atoms with Gasteiger partial charge in [0.1, 0.15) is 5.82 Å². The molecule has 0 unspecified atom stereocenters. The van der Waals surface area contributed by atoms with Gasteiger partial charge in [-0.2, -0.15) is 0 Å². The zero-order valence-electron chi connectivity index (χ0n) is 15.1. The third-order valence-corrected chi connectivity index (χ3v) is 4.71. The lowest BCUT2D eigenvalue weighted by molar-refractivity contribution is -0.130. The van der Waals surface area contributed by atoms with Crippen LogP contribution in [0.5, 0.6) is 0 Å². The Bertz CT molecular complexity index is 567. The standard InChI is InChI=1S/C19H28FN3O2/c1-23(2)12-11-21-18(24)15-5-7-16(8-6-15)19(25)22-13-14-3-9-17(20)10-4-14/h3-4,9-10,15-16H,5-8,11-13H2,1-2H3,(H,21,24)(H,22,25). The summed E-state index contributed by atoms with van der Waals surface area (Å²) in [7, 11) is 3.95. The van der Waals surface area contributed by atoms with Crippen molar-refractivity contribution >= 4 is 11.8 Å². The van der Waals surface area contributed by atoms with Crippen LogP contribution in [0.15, 0.2) is 24.3 Å². The molecule has 1 saturated carbocycles. The SMILES string of the molecule is CN(C)CCNC(=O)C1CCC(C(=O)NCc2ccc(F)cc2)CC1. The van der Waals surface area contributed by atoms with E-state index in [0.717, 1.165) is 37.8 Å². The van der Waals surface area contributed by atoms with Gasteiger partial charge in [-0.15, -0.1) is 0 Å². The first-order chi connectivity index (χ1) is 12.0. The second-order valence-corrected chi connectivity index (χ2v) is 6.99. The van der Waals surface area contributed by atoms with Crippen LogP contribution < -0.4 is 10.6 Å². The van der Waals surface area contributed by atoms with Gasteiger partial charge in [0.05, 0.1) is 0 Å². The molecule has 1 aliphatic carbocycles. The molecule has 1 aromatic carbocycles. The smallest absolute Gasteiger partial charge is 0.223 e. The summed E-state index contributed by atoms with van der Waals surface area (Å²) in [5.41, 5.74) is 0.878. The van der Waals surface area contributed by atoms with Crippen molar-refractivity contribution in [3.8, 4) is 0 Å². The molecule has 0 spiro atoms. The number of nitrogens with one attached hydrogen (secondary N) is 2. The van der Waals surface area contributed by atoms with Gasteiger partial charge in [-0.05, 0) is 57.5 Å². The van der Waals surface area contributed by atoms with Crippen LogP contribution in [0, 0.1) is 17.7 Å². The fraction of sp³-hybridized carbons (Fsp3) is 0.579. The predicted molar refractivity (Wildman–Crippen MR) is 95.3 cm³/mol. The minimum atomic E-state index is -0.280. The molecule has 0 saturated heterocycles. The number of benzene rings is 1. The molecule has 25 heavy (non-hydrogen) atoms. The van der Waals surface area contributed by atoms with Gasteiger partial charge in [0.25, 0.3) is 0 Å². The second kappa shape index (κ2) is 9.51. The largest absolute Gasteiger partial charge is 0.355 e. The molecule has 138 valence electrons. The number of likely N-dealkylation sites (N-methyl/N-ethyl adjacent to an activating group) is 1. The van der Waals surface area contributed by atoms with Crippen molar-refractivity contribution in [1.29, 1.82) is 0 Å². The molecule has 0 aliphatic heterocycles. The van der Waals surface area contributed by atoms with Gasteiger partial charge in [-0.3, -0.25) is 9.59 Å². The highest BCUT2D eigenvalue weighted by molar-refractivity contribution is 5.81. The van der Waals surface area contributed by atoms with Gasteiger partial charge in [0.15, 0.2) is 0 Å². The van der Waals surface area contributed by atoms with Crippen molar-refractivity contribution in [2.24, 2.45) is 11.8 Å². The molecule has 0 bridgehead atoms. The molecule has 0 heterocycles. The molecular weight excluding hydrogens is 321 g/mol. The van der Waals surface area contributed by atoms with E-state index in [1.54, 1.807) is 12.1 Å². The fourth-order valence-electron chi connectivity index (χ4n) is 3.10. The van der Waals surface area contributed by atoms with E-state index in [-0.39, 0.29) is 29.5 Å². The highest BCUT2D eigenvalue weighted by Gasteiger charge is 2.29. The van der Waals surface area contributed by atoms with Crippen molar-refractivity contribution in [1.82, 2.24) is 15.5 Å². The number of amides is 2. The van der Waals surface area contributed by atoms with Crippen molar-refractivity contribution in [2.75, 3.05) is 27.2 Å². The average molecular weight is 349 g/mol. The number of rotatable bonds is 7. The Morgan fingerprint density at radius 3 is 2.04 bits per heavy atom. The Morgan fingerprint density at radius 2 is 1.52 bits per heavy atom. The summed E-state index contributed by atoms with van der Waals surface area (Å²) in [6.45, 7) is 1.89. The van der Waals surface area contributed by atoms with Crippen LogP contribution >= 0.6 is 0 Å². The molecule has 0 atom stereocenters. The monoisotopic (exact) mass is 349 g/mol. The maximum Gasteiger partial charge on any atom is 0.223 e. The molecular formula is C19H28FN3O2. The predicted octanol–water partition coefficient (Wildman–Crippen LogP) is 1.93. The Morgan fingerprint density at radius 1 is 1.00 bits per heavy atom. The Hall–Kier alpha value is -1.95. The molecule has 2 amide bonds. The summed E-state index contributed by atoms with van der Waals surface area (Å²) in [6, 6.07) is 6.12. The lowest BCUT2D eigenvalue weighted by Crippen LogP contribution is -2.39. The van der Waals surface area contributed by atoms with Crippen LogP contribution in [-0.4, -0.2) is 43.9 Å². The molecule has 1 fully saturated rings. The number of carbonyl (C=O) groups is 2. The number of halogens is 1. The summed E-state index contributed by atoms with van der Waals surface area (Å²) < 4.78 is 12.9. The third kappa shape index (κ3) is 6.46. The number of hydrogen-bond donors (Lipinski definition) is 2. The molecule has 1 aliphatic rings. The first kappa shape index (κ1) is 19.4. The minimum Gasteiger partial charge on any atom is -0.355 e. The van der Waals surface area contributed by atoms with Crippen LogP contribution in [0.25, 0.3) is 0 Å². The van der Waals surface area contributed by atoms with Gasteiger partial charge in [0, 0.05) is 31.5 Å². The molecule has 2 rings (SSSR count). The first-order valence-electron chi connectivity index (χ1n) is 8.90. The highest BCUT2D eigenvalue weighted by Crippen LogP contribution is 2.29. The van der Waals surface area contributed by atoms with Gasteiger partial charge < -0.3 is 15.5 Å². The van der Waals surface area contributed by atoms with Crippen LogP contribution in [0.1, 0.15) is 31.2 Å². The van der Waals surface area contributed by atoms with E-state index in [1.807, 2.05) is 19.0 Å². The van der Waals surface area contributed by atoms with Crippen LogP contribution in [0.4, 0.5) is 4.39 Å². The van der Waals surface area contributed by atoms with Crippen LogP contribution in [0.3, 0.4) is 0 Å². The van der Waals surface area contributed by atoms with Crippen molar-refractivity contribution in [3.05, 3.63) is 35.6 Å².